The number of aryl methyl sites for hydroxylation is 2. The summed E-state index contributed by atoms with van der Waals surface area (Å²) < 4.78 is 39.3. The second-order valence-corrected chi connectivity index (χ2v) is 6.69. The van der Waals surface area contributed by atoms with Crippen molar-refractivity contribution in [2.24, 2.45) is 0 Å². The van der Waals surface area contributed by atoms with Crippen LogP contribution in [0.15, 0.2) is 24.3 Å². The van der Waals surface area contributed by atoms with E-state index in [1.807, 2.05) is 19.9 Å². The van der Waals surface area contributed by atoms with Gasteiger partial charge in [0, 0.05) is 36.6 Å². The van der Waals surface area contributed by atoms with Crippen LogP contribution in [0, 0.1) is 25.2 Å². The highest BCUT2D eigenvalue weighted by Crippen LogP contribution is 2.34. The van der Waals surface area contributed by atoms with Gasteiger partial charge in [-0.15, -0.1) is 0 Å². The Morgan fingerprint density at radius 1 is 1.15 bits per heavy atom. The maximum Gasteiger partial charge on any atom is 0.417 e. The normalized spacial score (nSPS) is 15.5. The van der Waals surface area contributed by atoms with Gasteiger partial charge in [-0.05, 0) is 44.9 Å². The van der Waals surface area contributed by atoms with Crippen molar-refractivity contribution < 1.29 is 13.2 Å². The van der Waals surface area contributed by atoms with Gasteiger partial charge in [0.25, 0.3) is 0 Å². The molecule has 2 aromatic rings. The fourth-order valence-electron chi connectivity index (χ4n) is 3.31. The zero-order chi connectivity index (χ0) is 19.6. The first-order valence-corrected chi connectivity index (χ1v) is 8.71. The Hall–Kier alpha value is -2.82. The Bertz CT molecular complexity index is 844. The minimum absolute atomic E-state index is 0.0688. The summed E-state index contributed by atoms with van der Waals surface area (Å²) in [6.07, 6.45) is -2.98. The van der Waals surface area contributed by atoms with Crippen LogP contribution in [0.25, 0.3) is 0 Å². The van der Waals surface area contributed by atoms with Crippen LogP contribution in [0.2, 0.25) is 0 Å². The fraction of sp³-hybridized carbons (Fsp3) is 0.421. The first kappa shape index (κ1) is 19.0. The summed E-state index contributed by atoms with van der Waals surface area (Å²) in [5, 5.41) is 12.1. The van der Waals surface area contributed by atoms with Gasteiger partial charge in [0.2, 0.25) is 0 Å². The van der Waals surface area contributed by atoms with Crippen LogP contribution >= 0.6 is 0 Å². The van der Waals surface area contributed by atoms with Crippen molar-refractivity contribution in [1.29, 1.82) is 5.26 Å². The number of nitriles is 1. The van der Waals surface area contributed by atoms with Gasteiger partial charge in [-0.3, -0.25) is 0 Å². The van der Waals surface area contributed by atoms with Gasteiger partial charge in [-0.2, -0.15) is 18.4 Å². The van der Waals surface area contributed by atoms with Gasteiger partial charge in [-0.1, -0.05) is 0 Å². The van der Waals surface area contributed by atoms with Crippen molar-refractivity contribution in [3.05, 3.63) is 46.9 Å². The molecule has 0 atom stereocenters. The number of alkyl halides is 3. The van der Waals surface area contributed by atoms with E-state index in [1.54, 1.807) is 6.07 Å². The standard InChI is InChI=1S/C19H20F3N5/c1-12-9-18(25-13(2)24-12)27-7-5-15(6-8-27)26-16-4-3-14(11-23)17(10-16)19(20,21)22/h3-4,9-10,15,26H,5-8H2,1-2H3. The molecule has 0 saturated carbocycles. The highest BCUT2D eigenvalue weighted by atomic mass is 19.4. The van der Waals surface area contributed by atoms with Crippen molar-refractivity contribution in [1.82, 2.24) is 9.97 Å². The van der Waals surface area contributed by atoms with E-state index in [1.165, 1.54) is 12.1 Å². The molecule has 142 valence electrons. The summed E-state index contributed by atoms with van der Waals surface area (Å²) in [6.45, 7) is 5.30. The molecule has 0 amide bonds. The predicted octanol–water partition coefficient (Wildman–Crippen LogP) is 4.06. The molecule has 27 heavy (non-hydrogen) atoms. The number of hydrogen-bond donors (Lipinski definition) is 1. The van der Waals surface area contributed by atoms with E-state index in [0.29, 0.717) is 5.69 Å². The fourth-order valence-corrected chi connectivity index (χ4v) is 3.31. The van der Waals surface area contributed by atoms with Gasteiger partial charge in [0.05, 0.1) is 17.2 Å². The van der Waals surface area contributed by atoms with Crippen LogP contribution in [0.5, 0.6) is 0 Å². The van der Waals surface area contributed by atoms with E-state index in [-0.39, 0.29) is 11.6 Å². The second-order valence-electron chi connectivity index (χ2n) is 6.69. The summed E-state index contributed by atoms with van der Waals surface area (Å²) >= 11 is 0. The average Bonchev–Trinajstić information content (AvgIpc) is 2.61. The number of piperidine rings is 1. The zero-order valence-electron chi connectivity index (χ0n) is 15.1. The minimum Gasteiger partial charge on any atom is -0.382 e. The summed E-state index contributed by atoms with van der Waals surface area (Å²) in [5.74, 6) is 1.61. The Kier molecular flexibility index (Phi) is 5.22. The van der Waals surface area contributed by atoms with Crippen LogP contribution in [0.1, 0.15) is 35.5 Å². The summed E-state index contributed by atoms with van der Waals surface area (Å²) in [5.41, 5.74) is 0.0280. The molecule has 1 aromatic heterocycles. The monoisotopic (exact) mass is 375 g/mol. The molecule has 0 spiro atoms. The maximum atomic E-state index is 13.1. The highest BCUT2D eigenvalue weighted by Gasteiger charge is 2.34. The Balaban J connectivity index is 1.67. The predicted molar refractivity (Wildman–Crippen MR) is 96.5 cm³/mol. The third-order valence-electron chi connectivity index (χ3n) is 4.59. The molecule has 1 saturated heterocycles. The van der Waals surface area contributed by atoms with Gasteiger partial charge in [0.1, 0.15) is 11.6 Å². The topological polar surface area (TPSA) is 64.8 Å². The first-order valence-electron chi connectivity index (χ1n) is 8.71. The smallest absolute Gasteiger partial charge is 0.382 e. The van der Waals surface area contributed by atoms with Crippen LogP contribution in [-0.4, -0.2) is 29.1 Å². The van der Waals surface area contributed by atoms with E-state index in [2.05, 4.69) is 20.2 Å². The van der Waals surface area contributed by atoms with Gasteiger partial charge in [-0.25, -0.2) is 9.97 Å². The lowest BCUT2D eigenvalue weighted by molar-refractivity contribution is -0.137. The molecule has 1 aromatic carbocycles. The molecule has 1 fully saturated rings. The molecule has 1 aliphatic heterocycles. The van der Waals surface area contributed by atoms with Crippen LogP contribution in [0.3, 0.4) is 0 Å². The molecule has 0 unspecified atom stereocenters. The van der Waals surface area contributed by atoms with Crippen molar-refractivity contribution in [2.75, 3.05) is 23.3 Å². The number of rotatable bonds is 3. The number of halogens is 3. The number of aromatic nitrogens is 2. The first-order chi connectivity index (χ1) is 12.8. The molecule has 3 rings (SSSR count). The number of anilines is 2. The summed E-state index contributed by atoms with van der Waals surface area (Å²) in [6, 6.07) is 7.37. The Morgan fingerprint density at radius 3 is 2.44 bits per heavy atom. The third-order valence-corrected chi connectivity index (χ3v) is 4.59. The molecule has 2 heterocycles. The van der Waals surface area contributed by atoms with Gasteiger partial charge in [0.15, 0.2) is 0 Å². The lowest BCUT2D eigenvalue weighted by Gasteiger charge is -2.34. The number of benzene rings is 1. The summed E-state index contributed by atoms with van der Waals surface area (Å²) in [7, 11) is 0. The van der Waals surface area contributed by atoms with Gasteiger partial charge >= 0.3 is 6.18 Å². The van der Waals surface area contributed by atoms with E-state index in [0.717, 1.165) is 49.3 Å². The SMILES string of the molecule is Cc1cc(N2CCC(Nc3ccc(C#N)c(C(F)(F)F)c3)CC2)nc(C)n1. The molecule has 1 N–H and O–H groups in total. The molecule has 0 radical (unpaired) electrons. The lowest BCUT2D eigenvalue weighted by Crippen LogP contribution is -2.39. The lowest BCUT2D eigenvalue weighted by atomic mass is 10.0. The number of nitrogens with zero attached hydrogens (tertiary/aromatic N) is 4. The minimum atomic E-state index is -4.55. The van der Waals surface area contributed by atoms with Crippen molar-refractivity contribution in [3.63, 3.8) is 0 Å². The number of hydrogen-bond acceptors (Lipinski definition) is 5. The van der Waals surface area contributed by atoms with Crippen LogP contribution in [0.4, 0.5) is 24.7 Å². The summed E-state index contributed by atoms with van der Waals surface area (Å²) in [4.78, 5) is 10.9. The van der Waals surface area contributed by atoms with Crippen molar-refractivity contribution >= 4 is 11.5 Å². The molecule has 0 bridgehead atoms. The third kappa shape index (κ3) is 4.48. The van der Waals surface area contributed by atoms with E-state index >= 15 is 0 Å². The van der Waals surface area contributed by atoms with Crippen LogP contribution in [-0.2, 0) is 6.18 Å². The molecule has 1 aliphatic rings. The molecule has 5 nitrogen and oxygen atoms in total. The zero-order valence-corrected chi connectivity index (χ0v) is 15.1. The number of nitrogens with one attached hydrogen (secondary N) is 1. The average molecular weight is 375 g/mol. The molecular formula is C19H20F3N5. The Labute approximate surface area is 155 Å². The second kappa shape index (κ2) is 7.43. The van der Waals surface area contributed by atoms with Crippen LogP contribution < -0.4 is 10.2 Å². The Morgan fingerprint density at radius 2 is 1.85 bits per heavy atom. The van der Waals surface area contributed by atoms with Crippen molar-refractivity contribution in [2.45, 2.75) is 38.9 Å². The maximum absolute atomic E-state index is 13.1. The van der Waals surface area contributed by atoms with E-state index in [4.69, 9.17) is 5.26 Å². The quantitative estimate of drug-likeness (QED) is 0.876. The molecule has 8 heteroatoms. The molecule has 0 aliphatic carbocycles. The highest BCUT2D eigenvalue weighted by molar-refractivity contribution is 5.54. The van der Waals surface area contributed by atoms with E-state index < -0.39 is 11.7 Å². The van der Waals surface area contributed by atoms with E-state index in [9.17, 15) is 13.2 Å². The largest absolute Gasteiger partial charge is 0.417 e. The van der Waals surface area contributed by atoms with Gasteiger partial charge < -0.3 is 10.2 Å². The molecular weight excluding hydrogens is 355 g/mol. The van der Waals surface area contributed by atoms with Crippen molar-refractivity contribution in [3.8, 4) is 6.07 Å².